The second kappa shape index (κ2) is 4.91. The van der Waals surface area contributed by atoms with Gasteiger partial charge in [0.2, 0.25) is 0 Å². The number of halogens is 1. The molecule has 0 unspecified atom stereocenters. The third-order valence-corrected chi connectivity index (χ3v) is 3.77. The molecule has 2 aromatic rings. The largest absolute Gasteiger partial charge is 0.330 e. The lowest BCUT2D eigenvalue weighted by Gasteiger charge is -2.01. The van der Waals surface area contributed by atoms with Gasteiger partial charge in [0.1, 0.15) is 10.0 Å². The van der Waals surface area contributed by atoms with Crippen molar-refractivity contribution in [2.75, 3.05) is 6.54 Å². The summed E-state index contributed by atoms with van der Waals surface area (Å²) in [7, 11) is 0. The molecule has 0 bridgehead atoms. The highest BCUT2D eigenvalue weighted by atomic mass is 35.5. The number of benzene rings is 1. The lowest BCUT2D eigenvalue weighted by atomic mass is 10.1. The minimum absolute atomic E-state index is 0.593. The van der Waals surface area contributed by atoms with Crippen molar-refractivity contribution in [1.82, 2.24) is 10.2 Å². The van der Waals surface area contributed by atoms with Crippen molar-refractivity contribution >= 4 is 22.9 Å². The van der Waals surface area contributed by atoms with Crippen LogP contribution in [0, 0.1) is 6.92 Å². The van der Waals surface area contributed by atoms with Crippen LogP contribution in [0.5, 0.6) is 0 Å². The van der Waals surface area contributed by atoms with Crippen molar-refractivity contribution in [3.8, 4) is 10.6 Å². The topological polar surface area (TPSA) is 51.8 Å². The van der Waals surface area contributed by atoms with Crippen molar-refractivity contribution in [3.63, 3.8) is 0 Å². The van der Waals surface area contributed by atoms with Gasteiger partial charge >= 0.3 is 0 Å². The predicted molar refractivity (Wildman–Crippen MR) is 67.9 cm³/mol. The number of hydrogen-bond acceptors (Lipinski definition) is 4. The van der Waals surface area contributed by atoms with Gasteiger partial charge in [-0.05, 0) is 19.0 Å². The molecule has 0 spiro atoms. The molecule has 1 aromatic heterocycles. The lowest BCUT2D eigenvalue weighted by molar-refractivity contribution is 0.913. The van der Waals surface area contributed by atoms with Crippen LogP contribution in [0.15, 0.2) is 18.2 Å². The Labute approximate surface area is 103 Å². The number of nitrogens with zero attached hydrogens (tertiary/aromatic N) is 2. The van der Waals surface area contributed by atoms with E-state index in [2.05, 4.69) is 10.2 Å². The number of rotatable bonds is 3. The van der Waals surface area contributed by atoms with Crippen LogP contribution in [0.1, 0.15) is 10.6 Å². The Morgan fingerprint density at radius 3 is 2.94 bits per heavy atom. The number of aromatic nitrogens is 2. The maximum absolute atomic E-state index is 6.23. The molecule has 0 saturated heterocycles. The van der Waals surface area contributed by atoms with Crippen molar-refractivity contribution in [1.29, 1.82) is 0 Å². The molecule has 84 valence electrons. The minimum Gasteiger partial charge on any atom is -0.330 e. The van der Waals surface area contributed by atoms with Gasteiger partial charge in [0.25, 0.3) is 0 Å². The molecule has 0 atom stereocenters. The van der Waals surface area contributed by atoms with Crippen LogP contribution in [0.25, 0.3) is 10.6 Å². The van der Waals surface area contributed by atoms with Gasteiger partial charge < -0.3 is 5.73 Å². The third-order valence-electron chi connectivity index (χ3n) is 2.25. The summed E-state index contributed by atoms with van der Waals surface area (Å²) in [6, 6.07) is 5.91. The summed E-state index contributed by atoms with van der Waals surface area (Å²) in [6.07, 6.45) is 0.765. The normalized spacial score (nSPS) is 10.7. The highest BCUT2D eigenvalue weighted by molar-refractivity contribution is 7.14. The highest BCUT2D eigenvalue weighted by Gasteiger charge is 2.10. The van der Waals surface area contributed by atoms with Gasteiger partial charge in [-0.2, -0.15) is 0 Å². The summed E-state index contributed by atoms with van der Waals surface area (Å²) in [5, 5.41) is 10.8. The van der Waals surface area contributed by atoms with E-state index in [4.69, 9.17) is 17.3 Å². The molecule has 0 aliphatic heterocycles. The zero-order chi connectivity index (χ0) is 11.5. The standard InChI is InChI=1S/C11H12ClN3S/c1-7-3-2-4-8(10(7)12)11-15-14-9(16-11)5-6-13/h2-4H,5-6,13H2,1H3. The molecule has 0 fully saturated rings. The monoisotopic (exact) mass is 253 g/mol. The van der Waals surface area contributed by atoms with E-state index < -0.39 is 0 Å². The lowest BCUT2D eigenvalue weighted by Crippen LogP contribution is -2.01. The third kappa shape index (κ3) is 2.24. The van der Waals surface area contributed by atoms with Crippen LogP contribution in [-0.4, -0.2) is 16.7 Å². The molecular formula is C11H12ClN3S. The van der Waals surface area contributed by atoms with Gasteiger partial charge in [-0.25, -0.2) is 0 Å². The fourth-order valence-electron chi connectivity index (χ4n) is 1.40. The highest BCUT2D eigenvalue weighted by Crippen LogP contribution is 2.32. The van der Waals surface area contributed by atoms with E-state index in [9.17, 15) is 0 Å². The van der Waals surface area contributed by atoms with Gasteiger partial charge in [-0.1, -0.05) is 41.1 Å². The van der Waals surface area contributed by atoms with Gasteiger partial charge in [0.15, 0.2) is 0 Å². The van der Waals surface area contributed by atoms with E-state index in [1.54, 1.807) is 11.3 Å². The van der Waals surface area contributed by atoms with Gasteiger partial charge in [-0.15, -0.1) is 10.2 Å². The van der Waals surface area contributed by atoms with Crippen LogP contribution in [0.2, 0.25) is 5.02 Å². The summed E-state index contributed by atoms with van der Waals surface area (Å²) in [5.41, 5.74) is 7.47. The SMILES string of the molecule is Cc1cccc(-c2nnc(CCN)s2)c1Cl. The van der Waals surface area contributed by atoms with E-state index in [0.717, 1.165) is 32.6 Å². The van der Waals surface area contributed by atoms with Crippen molar-refractivity contribution in [3.05, 3.63) is 33.8 Å². The molecule has 2 rings (SSSR count). The average molecular weight is 254 g/mol. The molecule has 1 aromatic carbocycles. The molecule has 2 N–H and O–H groups in total. The first-order valence-electron chi connectivity index (χ1n) is 5.00. The quantitative estimate of drug-likeness (QED) is 0.915. The summed E-state index contributed by atoms with van der Waals surface area (Å²) < 4.78 is 0. The van der Waals surface area contributed by atoms with Gasteiger partial charge in [0, 0.05) is 12.0 Å². The van der Waals surface area contributed by atoms with Crippen LogP contribution < -0.4 is 5.73 Å². The first kappa shape index (κ1) is 11.5. The first-order chi connectivity index (χ1) is 7.72. The Morgan fingerprint density at radius 1 is 1.38 bits per heavy atom. The smallest absolute Gasteiger partial charge is 0.149 e. The molecule has 0 aliphatic rings. The Kier molecular flexibility index (Phi) is 3.53. The van der Waals surface area contributed by atoms with E-state index in [1.165, 1.54) is 0 Å². The molecular weight excluding hydrogens is 242 g/mol. The van der Waals surface area contributed by atoms with Crippen LogP contribution >= 0.6 is 22.9 Å². The van der Waals surface area contributed by atoms with E-state index in [-0.39, 0.29) is 0 Å². The number of nitrogens with two attached hydrogens (primary N) is 1. The van der Waals surface area contributed by atoms with E-state index in [0.29, 0.717) is 6.54 Å². The van der Waals surface area contributed by atoms with Gasteiger partial charge in [-0.3, -0.25) is 0 Å². The fraction of sp³-hybridized carbons (Fsp3) is 0.273. The Balaban J connectivity index is 2.39. The van der Waals surface area contributed by atoms with Crippen molar-refractivity contribution in [2.24, 2.45) is 5.73 Å². The molecule has 3 nitrogen and oxygen atoms in total. The molecule has 5 heteroatoms. The maximum atomic E-state index is 6.23. The van der Waals surface area contributed by atoms with E-state index in [1.807, 2.05) is 25.1 Å². The second-order valence-corrected chi connectivity index (χ2v) is 4.92. The number of hydrogen-bond donors (Lipinski definition) is 1. The molecule has 0 saturated carbocycles. The second-order valence-electron chi connectivity index (χ2n) is 3.48. The Bertz CT molecular complexity index is 496. The van der Waals surface area contributed by atoms with E-state index >= 15 is 0 Å². The summed E-state index contributed by atoms with van der Waals surface area (Å²) in [5.74, 6) is 0. The minimum atomic E-state index is 0.593. The summed E-state index contributed by atoms with van der Waals surface area (Å²) >= 11 is 7.78. The Morgan fingerprint density at radius 2 is 2.19 bits per heavy atom. The van der Waals surface area contributed by atoms with Crippen molar-refractivity contribution < 1.29 is 0 Å². The van der Waals surface area contributed by atoms with Crippen LogP contribution in [0.4, 0.5) is 0 Å². The maximum Gasteiger partial charge on any atom is 0.149 e. The van der Waals surface area contributed by atoms with Gasteiger partial charge in [0.05, 0.1) is 5.02 Å². The molecule has 16 heavy (non-hydrogen) atoms. The molecule has 0 amide bonds. The predicted octanol–water partition coefficient (Wildman–Crippen LogP) is 2.67. The van der Waals surface area contributed by atoms with Crippen molar-refractivity contribution in [2.45, 2.75) is 13.3 Å². The summed E-state index contributed by atoms with van der Waals surface area (Å²) in [6.45, 7) is 2.57. The molecule has 0 aliphatic carbocycles. The fourth-order valence-corrected chi connectivity index (χ4v) is 2.56. The number of aryl methyl sites for hydroxylation is 1. The Hall–Kier alpha value is -0.970. The molecule has 1 heterocycles. The zero-order valence-corrected chi connectivity index (χ0v) is 10.5. The summed E-state index contributed by atoms with van der Waals surface area (Å²) in [4.78, 5) is 0. The van der Waals surface area contributed by atoms with Crippen LogP contribution in [0.3, 0.4) is 0 Å². The van der Waals surface area contributed by atoms with Crippen LogP contribution in [-0.2, 0) is 6.42 Å². The zero-order valence-electron chi connectivity index (χ0n) is 8.90. The first-order valence-corrected chi connectivity index (χ1v) is 6.19. The molecule has 0 radical (unpaired) electrons. The average Bonchev–Trinajstić information content (AvgIpc) is 2.71.